The third-order valence-electron chi connectivity index (χ3n) is 4.45. The molecule has 6 heteroatoms. The van der Waals surface area contributed by atoms with Crippen molar-refractivity contribution in [2.75, 3.05) is 20.3 Å². The standard InChI is InChI=1S/C19H23NO4S/c1-14-9-10-17(23-3)19(11-14)25(21,22)20-12-18(24-13-15(20)2)16-7-5-4-6-8-16/h4-11,15,18H,12-13H2,1-3H3. The molecule has 1 aliphatic rings. The van der Waals surface area contributed by atoms with E-state index >= 15 is 0 Å². The molecule has 1 saturated heterocycles. The van der Waals surface area contributed by atoms with Crippen molar-refractivity contribution in [1.82, 2.24) is 4.31 Å². The molecule has 5 nitrogen and oxygen atoms in total. The van der Waals surface area contributed by atoms with E-state index in [0.717, 1.165) is 11.1 Å². The monoisotopic (exact) mass is 361 g/mol. The average Bonchev–Trinajstić information content (AvgIpc) is 2.62. The lowest BCUT2D eigenvalue weighted by atomic mass is 10.1. The molecule has 2 unspecified atom stereocenters. The summed E-state index contributed by atoms with van der Waals surface area (Å²) in [6, 6.07) is 14.7. The highest BCUT2D eigenvalue weighted by Gasteiger charge is 2.37. The molecule has 0 amide bonds. The van der Waals surface area contributed by atoms with E-state index in [-0.39, 0.29) is 23.6 Å². The van der Waals surface area contributed by atoms with Crippen molar-refractivity contribution in [3.8, 4) is 5.75 Å². The van der Waals surface area contributed by atoms with Gasteiger partial charge in [-0.1, -0.05) is 36.4 Å². The summed E-state index contributed by atoms with van der Waals surface area (Å²) in [6.07, 6.45) is -0.275. The second kappa shape index (κ2) is 7.15. The summed E-state index contributed by atoms with van der Waals surface area (Å²) in [6.45, 7) is 4.37. The van der Waals surface area contributed by atoms with Crippen LogP contribution in [0.25, 0.3) is 0 Å². The summed E-state index contributed by atoms with van der Waals surface area (Å²) < 4.78 is 39.3. The van der Waals surface area contributed by atoms with E-state index in [9.17, 15) is 8.42 Å². The molecule has 1 aliphatic heterocycles. The van der Waals surface area contributed by atoms with Gasteiger partial charge >= 0.3 is 0 Å². The molecule has 0 aromatic heterocycles. The van der Waals surface area contributed by atoms with Crippen LogP contribution in [-0.2, 0) is 14.8 Å². The Hall–Kier alpha value is -1.89. The summed E-state index contributed by atoms with van der Waals surface area (Å²) in [5.41, 5.74) is 1.85. The normalized spacial score (nSPS) is 21.9. The summed E-state index contributed by atoms with van der Waals surface area (Å²) in [5.74, 6) is 0.362. The second-order valence-corrected chi connectivity index (χ2v) is 8.17. The van der Waals surface area contributed by atoms with Gasteiger partial charge in [0.2, 0.25) is 10.0 Å². The number of nitrogens with zero attached hydrogens (tertiary/aromatic N) is 1. The molecule has 1 fully saturated rings. The Kier molecular flexibility index (Phi) is 5.13. The van der Waals surface area contributed by atoms with E-state index in [2.05, 4.69) is 0 Å². The summed E-state index contributed by atoms with van der Waals surface area (Å²) in [5, 5.41) is 0. The molecule has 0 radical (unpaired) electrons. The molecular weight excluding hydrogens is 338 g/mol. The van der Waals surface area contributed by atoms with Crippen molar-refractivity contribution >= 4 is 10.0 Å². The molecule has 0 bridgehead atoms. The number of sulfonamides is 1. The molecule has 2 atom stereocenters. The summed E-state index contributed by atoms with van der Waals surface area (Å²) >= 11 is 0. The van der Waals surface area contributed by atoms with Crippen molar-refractivity contribution in [2.45, 2.75) is 30.9 Å². The lowest BCUT2D eigenvalue weighted by Gasteiger charge is -2.37. The van der Waals surface area contributed by atoms with Crippen LogP contribution in [0.2, 0.25) is 0 Å². The zero-order valence-electron chi connectivity index (χ0n) is 14.7. The number of hydrogen-bond acceptors (Lipinski definition) is 4. The third-order valence-corrected chi connectivity index (χ3v) is 6.45. The number of aryl methyl sites for hydroxylation is 1. The first-order valence-corrected chi connectivity index (χ1v) is 9.70. The molecule has 0 aliphatic carbocycles. The minimum absolute atomic E-state index is 0.204. The number of hydrogen-bond donors (Lipinski definition) is 0. The highest BCUT2D eigenvalue weighted by Crippen LogP contribution is 2.33. The number of ether oxygens (including phenoxy) is 2. The highest BCUT2D eigenvalue weighted by atomic mass is 32.2. The van der Waals surface area contributed by atoms with Crippen LogP contribution in [0, 0.1) is 6.92 Å². The average molecular weight is 361 g/mol. The van der Waals surface area contributed by atoms with E-state index in [4.69, 9.17) is 9.47 Å². The van der Waals surface area contributed by atoms with Gasteiger partial charge in [-0.3, -0.25) is 0 Å². The first kappa shape index (κ1) is 17.9. The molecular formula is C19H23NO4S. The van der Waals surface area contributed by atoms with Crippen LogP contribution in [0.5, 0.6) is 5.75 Å². The van der Waals surface area contributed by atoms with Gasteiger partial charge in [-0.15, -0.1) is 0 Å². The Morgan fingerprint density at radius 3 is 2.56 bits per heavy atom. The zero-order chi connectivity index (χ0) is 18.0. The molecule has 0 N–H and O–H groups in total. The van der Waals surface area contributed by atoms with Gasteiger partial charge in [-0.25, -0.2) is 8.42 Å². The molecule has 3 rings (SSSR count). The van der Waals surface area contributed by atoms with Gasteiger partial charge < -0.3 is 9.47 Å². The molecule has 25 heavy (non-hydrogen) atoms. The topological polar surface area (TPSA) is 55.8 Å². The molecule has 1 heterocycles. The van der Waals surface area contributed by atoms with E-state index in [0.29, 0.717) is 12.4 Å². The Bertz CT molecular complexity index is 836. The van der Waals surface area contributed by atoms with E-state index < -0.39 is 10.0 Å². The van der Waals surface area contributed by atoms with Crippen LogP contribution >= 0.6 is 0 Å². The SMILES string of the molecule is COc1ccc(C)cc1S(=O)(=O)N1CC(c2ccccc2)OCC1C. The van der Waals surface area contributed by atoms with Crippen LogP contribution < -0.4 is 4.74 Å². The molecule has 2 aromatic carbocycles. The predicted octanol–water partition coefficient (Wildman–Crippen LogP) is 3.15. The maximum atomic E-state index is 13.3. The maximum absolute atomic E-state index is 13.3. The van der Waals surface area contributed by atoms with Crippen LogP contribution in [0.3, 0.4) is 0 Å². The van der Waals surface area contributed by atoms with Crippen LogP contribution in [0.4, 0.5) is 0 Å². The Labute approximate surface area is 149 Å². The van der Waals surface area contributed by atoms with Crippen LogP contribution in [0.1, 0.15) is 24.2 Å². The van der Waals surface area contributed by atoms with Gasteiger partial charge in [0.25, 0.3) is 0 Å². The number of rotatable bonds is 4. The first-order chi connectivity index (χ1) is 11.9. The van der Waals surface area contributed by atoms with Gasteiger partial charge in [0, 0.05) is 12.6 Å². The maximum Gasteiger partial charge on any atom is 0.247 e. The lowest BCUT2D eigenvalue weighted by Crippen LogP contribution is -2.48. The van der Waals surface area contributed by atoms with Crippen molar-refractivity contribution in [2.24, 2.45) is 0 Å². The van der Waals surface area contributed by atoms with E-state index in [1.807, 2.05) is 50.2 Å². The Morgan fingerprint density at radius 2 is 1.88 bits per heavy atom. The quantitative estimate of drug-likeness (QED) is 0.839. The van der Waals surface area contributed by atoms with E-state index in [1.54, 1.807) is 12.1 Å². The van der Waals surface area contributed by atoms with Crippen molar-refractivity contribution in [1.29, 1.82) is 0 Å². The fourth-order valence-corrected chi connectivity index (χ4v) is 4.91. The smallest absolute Gasteiger partial charge is 0.247 e. The van der Waals surface area contributed by atoms with Gasteiger partial charge in [-0.2, -0.15) is 4.31 Å². The van der Waals surface area contributed by atoms with Gasteiger partial charge in [0.15, 0.2) is 0 Å². The molecule has 2 aromatic rings. The fraction of sp³-hybridized carbons (Fsp3) is 0.368. The fourth-order valence-electron chi connectivity index (χ4n) is 3.05. The van der Waals surface area contributed by atoms with Crippen molar-refractivity contribution in [3.63, 3.8) is 0 Å². The number of morpholine rings is 1. The van der Waals surface area contributed by atoms with Crippen LogP contribution in [-0.4, -0.2) is 39.0 Å². The van der Waals surface area contributed by atoms with Crippen molar-refractivity contribution < 1.29 is 17.9 Å². The minimum atomic E-state index is -3.69. The van der Waals surface area contributed by atoms with Crippen molar-refractivity contribution in [3.05, 3.63) is 59.7 Å². The summed E-state index contributed by atoms with van der Waals surface area (Å²) in [4.78, 5) is 0.204. The van der Waals surface area contributed by atoms with Crippen LogP contribution in [0.15, 0.2) is 53.4 Å². The minimum Gasteiger partial charge on any atom is -0.495 e. The largest absolute Gasteiger partial charge is 0.495 e. The molecule has 0 spiro atoms. The molecule has 134 valence electrons. The lowest BCUT2D eigenvalue weighted by molar-refractivity contribution is -0.0288. The second-order valence-electron chi connectivity index (χ2n) is 6.31. The zero-order valence-corrected chi connectivity index (χ0v) is 15.5. The van der Waals surface area contributed by atoms with Gasteiger partial charge in [0.1, 0.15) is 10.6 Å². The predicted molar refractivity (Wildman–Crippen MR) is 96.2 cm³/mol. The highest BCUT2D eigenvalue weighted by molar-refractivity contribution is 7.89. The first-order valence-electron chi connectivity index (χ1n) is 8.26. The summed E-state index contributed by atoms with van der Waals surface area (Å²) in [7, 11) is -2.20. The Balaban J connectivity index is 1.97. The third kappa shape index (κ3) is 3.56. The Morgan fingerprint density at radius 1 is 1.16 bits per heavy atom. The number of methoxy groups -OCH3 is 1. The number of benzene rings is 2. The van der Waals surface area contributed by atoms with Gasteiger partial charge in [0.05, 0.1) is 19.8 Å². The van der Waals surface area contributed by atoms with E-state index in [1.165, 1.54) is 11.4 Å². The van der Waals surface area contributed by atoms with Gasteiger partial charge in [-0.05, 0) is 37.1 Å². The molecule has 0 saturated carbocycles.